The molecule has 1 aromatic carbocycles. The van der Waals surface area contributed by atoms with Gasteiger partial charge in [0.1, 0.15) is 6.04 Å². The Bertz CT molecular complexity index is 715. The Hall–Kier alpha value is -2.46. The fraction of sp³-hybridized carbons (Fsp3) is 0.579. The molecule has 0 spiro atoms. The second-order valence-electron chi connectivity index (χ2n) is 6.64. The Morgan fingerprint density at radius 3 is 2.65 bits per heavy atom. The Morgan fingerprint density at radius 1 is 1.23 bits per heavy atom. The van der Waals surface area contributed by atoms with Crippen LogP contribution in [0, 0.1) is 11.3 Å². The first-order chi connectivity index (χ1) is 12.6. The largest absolute Gasteiger partial charge is 0.493 e. The predicted octanol–water partition coefficient (Wildman–Crippen LogP) is 1.67. The van der Waals surface area contributed by atoms with E-state index < -0.39 is 0 Å². The van der Waals surface area contributed by atoms with Crippen molar-refractivity contribution in [2.24, 2.45) is 0 Å². The van der Waals surface area contributed by atoms with Crippen LogP contribution in [0.25, 0.3) is 0 Å². The highest BCUT2D eigenvalue weighted by Gasteiger charge is 2.38. The van der Waals surface area contributed by atoms with E-state index in [-0.39, 0.29) is 23.9 Å². The van der Waals surface area contributed by atoms with Crippen molar-refractivity contribution in [2.75, 3.05) is 34.4 Å². The minimum Gasteiger partial charge on any atom is -0.493 e. The van der Waals surface area contributed by atoms with E-state index in [1.165, 1.54) is 0 Å². The van der Waals surface area contributed by atoms with Crippen LogP contribution in [-0.4, -0.2) is 57.3 Å². The molecule has 0 bridgehead atoms. The van der Waals surface area contributed by atoms with Crippen LogP contribution >= 0.6 is 0 Å². The number of hydrogen-bond acceptors (Lipinski definition) is 6. The molecule has 2 heterocycles. The summed E-state index contributed by atoms with van der Waals surface area (Å²) in [5.74, 6) is 1.97. The zero-order valence-corrected chi connectivity index (χ0v) is 15.4. The lowest BCUT2D eigenvalue weighted by Gasteiger charge is -2.23. The Morgan fingerprint density at radius 2 is 2.00 bits per heavy atom. The average molecular weight is 359 g/mol. The van der Waals surface area contributed by atoms with Crippen molar-refractivity contribution in [1.29, 1.82) is 5.26 Å². The van der Waals surface area contributed by atoms with Crippen LogP contribution in [0.1, 0.15) is 30.7 Å². The first kappa shape index (κ1) is 18.3. The van der Waals surface area contributed by atoms with Crippen LogP contribution < -0.4 is 19.5 Å². The van der Waals surface area contributed by atoms with Gasteiger partial charge in [0.25, 0.3) is 0 Å². The molecule has 0 radical (unpaired) electrons. The number of carbonyl (C=O) groups is 1. The van der Waals surface area contributed by atoms with Gasteiger partial charge in [-0.2, -0.15) is 5.26 Å². The first-order valence-electron chi connectivity index (χ1n) is 8.86. The van der Waals surface area contributed by atoms with Gasteiger partial charge in [0.2, 0.25) is 11.7 Å². The zero-order chi connectivity index (χ0) is 18.7. The van der Waals surface area contributed by atoms with Gasteiger partial charge in [-0.25, -0.2) is 0 Å². The number of carbonyl (C=O) groups excluding carboxylic acids is 1. The molecule has 2 fully saturated rings. The number of nitrogens with zero attached hydrogens (tertiary/aromatic N) is 2. The summed E-state index contributed by atoms with van der Waals surface area (Å²) < 4.78 is 16.4. The molecule has 1 N–H and O–H groups in total. The number of nitrogens with one attached hydrogen (secondary N) is 1. The third-order valence-electron chi connectivity index (χ3n) is 5.29. The van der Waals surface area contributed by atoms with E-state index in [9.17, 15) is 10.1 Å². The second-order valence-corrected chi connectivity index (χ2v) is 6.64. The van der Waals surface area contributed by atoms with Crippen molar-refractivity contribution in [2.45, 2.75) is 37.3 Å². The molecule has 140 valence electrons. The summed E-state index contributed by atoms with van der Waals surface area (Å²) in [6, 6.07) is 5.49. The number of nitriles is 1. The smallest absolute Gasteiger partial charge is 0.240 e. The van der Waals surface area contributed by atoms with Crippen molar-refractivity contribution in [3.05, 3.63) is 17.7 Å². The van der Waals surface area contributed by atoms with Crippen LogP contribution in [0.3, 0.4) is 0 Å². The molecule has 0 aromatic heterocycles. The molecular formula is C19H25N3O4. The van der Waals surface area contributed by atoms with E-state index in [0.29, 0.717) is 36.8 Å². The van der Waals surface area contributed by atoms with Crippen molar-refractivity contribution < 1.29 is 19.0 Å². The number of rotatable bonds is 5. The maximum Gasteiger partial charge on any atom is 0.240 e. The molecule has 2 saturated heterocycles. The molecule has 0 saturated carbocycles. The van der Waals surface area contributed by atoms with E-state index in [4.69, 9.17) is 14.2 Å². The normalized spacial score (nSPS) is 25.0. The average Bonchev–Trinajstić information content (AvgIpc) is 3.35. The van der Waals surface area contributed by atoms with E-state index in [1.54, 1.807) is 26.2 Å². The maximum absolute atomic E-state index is 12.8. The molecular weight excluding hydrogens is 334 g/mol. The van der Waals surface area contributed by atoms with Crippen molar-refractivity contribution >= 4 is 5.91 Å². The summed E-state index contributed by atoms with van der Waals surface area (Å²) in [4.78, 5) is 14.5. The Labute approximate surface area is 153 Å². The van der Waals surface area contributed by atoms with Crippen molar-refractivity contribution in [3.63, 3.8) is 0 Å². The van der Waals surface area contributed by atoms with E-state index in [0.717, 1.165) is 18.4 Å². The molecule has 1 amide bonds. The van der Waals surface area contributed by atoms with E-state index >= 15 is 0 Å². The standard InChI is InChI=1S/C19H25N3O4/c1-24-16-7-6-14(17(25-2)18(16)26-3)12-9-15(21-11-12)19(23)22-8-4-5-13(22)10-20/h6-7,12-13,15,21H,4-5,8-9,11H2,1-3H3/t12-,13-,15-/m0/s1. The van der Waals surface area contributed by atoms with Gasteiger partial charge < -0.3 is 24.4 Å². The molecule has 1 aromatic rings. The van der Waals surface area contributed by atoms with Crippen molar-refractivity contribution in [1.82, 2.24) is 10.2 Å². The Kier molecular flexibility index (Phi) is 5.52. The van der Waals surface area contributed by atoms with Crippen molar-refractivity contribution in [3.8, 4) is 23.3 Å². The van der Waals surface area contributed by atoms with Gasteiger partial charge in [-0.3, -0.25) is 4.79 Å². The van der Waals surface area contributed by atoms with E-state index in [2.05, 4.69) is 11.4 Å². The lowest BCUT2D eigenvalue weighted by Crippen LogP contribution is -2.45. The van der Waals surface area contributed by atoms with Gasteiger partial charge in [0, 0.05) is 24.6 Å². The SMILES string of the molecule is COc1ccc([C@@H]2CN[C@H](C(=O)N3CCC[C@H]3C#N)C2)c(OC)c1OC. The predicted molar refractivity (Wildman–Crippen MR) is 95.6 cm³/mol. The Balaban J connectivity index is 1.79. The van der Waals surface area contributed by atoms with Crippen LogP contribution in [0.5, 0.6) is 17.2 Å². The summed E-state index contributed by atoms with van der Waals surface area (Å²) >= 11 is 0. The summed E-state index contributed by atoms with van der Waals surface area (Å²) in [6.45, 7) is 1.34. The number of hydrogen-bond donors (Lipinski definition) is 1. The molecule has 3 rings (SSSR count). The maximum atomic E-state index is 12.8. The van der Waals surface area contributed by atoms with Gasteiger partial charge in [0.05, 0.1) is 33.4 Å². The quantitative estimate of drug-likeness (QED) is 0.861. The molecule has 26 heavy (non-hydrogen) atoms. The molecule has 7 nitrogen and oxygen atoms in total. The summed E-state index contributed by atoms with van der Waals surface area (Å²) in [6.07, 6.45) is 2.32. The number of ether oxygens (including phenoxy) is 3. The van der Waals surface area contributed by atoms with Gasteiger partial charge in [-0.15, -0.1) is 0 Å². The molecule has 0 aliphatic carbocycles. The van der Waals surface area contributed by atoms with Crippen LogP contribution in [0.15, 0.2) is 12.1 Å². The third kappa shape index (κ3) is 3.17. The fourth-order valence-electron chi connectivity index (χ4n) is 3.97. The number of likely N-dealkylation sites (tertiary alicyclic amines) is 1. The summed E-state index contributed by atoms with van der Waals surface area (Å²) in [5, 5.41) is 12.5. The summed E-state index contributed by atoms with van der Waals surface area (Å²) in [7, 11) is 4.77. The lowest BCUT2D eigenvalue weighted by atomic mass is 9.94. The minimum atomic E-state index is -0.293. The van der Waals surface area contributed by atoms with Gasteiger partial charge >= 0.3 is 0 Å². The second kappa shape index (κ2) is 7.83. The molecule has 3 atom stereocenters. The fourth-order valence-corrected chi connectivity index (χ4v) is 3.97. The molecule has 2 aliphatic heterocycles. The zero-order valence-electron chi connectivity index (χ0n) is 15.4. The van der Waals surface area contributed by atoms with E-state index in [1.807, 2.05) is 12.1 Å². The lowest BCUT2D eigenvalue weighted by molar-refractivity contribution is -0.133. The van der Waals surface area contributed by atoms with Crippen LogP contribution in [0.4, 0.5) is 0 Å². The highest BCUT2D eigenvalue weighted by molar-refractivity contribution is 5.83. The first-order valence-corrected chi connectivity index (χ1v) is 8.86. The molecule has 2 aliphatic rings. The van der Waals surface area contributed by atoms with Gasteiger partial charge in [0.15, 0.2) is 11.5 Å². The number of amides is 1. The highest BCUT2D eigenvalue weighted by Crippen LogP contribution is 2.44. The molecule has 0 unspecified atom stereocenters. The number of methoxy groups -OCH3 is 3. The third-order valence-corrected chi connectivity index (χ3v) is 5.29. The minimum absolute atomic E-state index is 0.0241. The van der Waals surface area contributed by atoms with Gasteiger partial charge in [-0.05, 0) is 25.3 Å². The molecule has 7 heteroatoms. The topological polar surface area (TPSA) is 83.8 Å². The number of benzene rings is 1. The van der Waals surface area contributed by atoms with Gasteiger partial charge in [-0.1, -0.05) is 6.07 Å². The monoisotopic (exact) mass is 359 g/mol. The highest BCUT2D eigenvalue weighted by atomic mass is 16.5. The van der Waals surface area contributed by atoms with Crippen LogP contribution in [-0.2, 0) is 4.79 Å². The van der Waals surface area contributed by atoms with Crippen LogP contribution in [0.2, 0.25) is 0 Å². The summed E-state index contributed by atoms with van der Waals surface area (Å²) in [5.41, 5.74) is 0.992.